The van der Waals surface area contributed by atoms with E-state index in [0.717, 1.165) is 45.6 Å². The van der Waals surface area contributed by atoms with E-state index in [1.807, 2.05) is 28.0 Å². The molecule has 3 aliphatic rings. The molecular weight excluding hydrogens is 464 g/mol. The van der Waals surface area contributed by atoms with Crippen LogP contribution < -0.4 is 4.74 Å². The Morgan fingerprint density at radius 1 is 1.06 bits per heavy atom. The predicted molar refractivity (Wildman–Crippen MR) is 139 cm³/mol. The normalized spacial score (nSPS) is 24.2. The number of nitrogens with zero attached hydrogens (tertiary/aromatic N) is 4. The van der Waals surface area contributed by atoms with E-state index in [9.17, 15) is 9.59 Å². The molecule has 4 rings (SSSR count). The van der Waals surface area contributed by atoms with E-state index in [4.69, 9.17) is 16.3 Å². The molecule has 0 N–H and O–H groups in total. The lowest BCUT2D eigenvalue weighted by atomic mass is 9.77. The summed E-state index contributed by atoms with van der Waals surface area (Å²) < 4.78 is 6.21. The van der Waals surface area contributed by atoms with Gasteiger partial charge in [0.2, 0.25) is 11.8 Å². The number of benzene rings is 1. The minimum Gasteiger partial charge on any atom is -0.493 e. The highest BCUT2D eigenvalue weighted by atomic mass is 35.5. The van der Waals surface area contributed by atoms with Gasteiger partial charge in [-0.1, -0.05) is 30.5 Å². The first-order chi connectivity index (χ1) is 16.8. The first-order valence-corrected chi connectivity index (χ1v) is 13.5. The molecule has 1 aromatic rings. The Labute approximate surface area is 215 Å². The van der Waals surface area contributed by atoms with Gasteiger partial charge in [0.15, 0.2) is 0 Å². The van der Waals surface area contributed by atoms with Gasteiger partial charge in [-0.15, -0.1) is 0 Å². The molecule has 8 heteroatoms. The van der Waals surface area contributed by atoms with Crippen LogP contribution in [0.15, 0.2) is 24.3 Å². The quantitative estimate of drug-likeness (QED) is 0.543. The largest absolute Gasteiger partial charge is 0.493 e. The van der Waals surface area contributed by atoms with Crippen LogP contribution in [0, 0.1) is 5.41 Å². The second-order valence-electron chi connectivity index (χ2n) is 10.9. The zero-order chi connectivity index (χ0) is 24.8. The van der Waals surface area contributed by atoms with Crippen LogP contribution >= 0.6 is 11.6 Å². The lowest BCUT2D eigenvalue weighted by molar-refractivity contribution is -0.143. The summed E-state index contributed by atoms with van der Waals surface area (Å²) in [7, 11) is 4.17. The first-order valence-electron chi connectivity index (χ1n) is 13.2. The van der Waals surface area contributed by atoms with Crippen LogP contribution in [0.25, 0.3) is 0 Å². The van der Waals surface area contributed by atoms with Crippen molar-refractivity contribution in [3.8, 4) is 5.75 Å². The Morgan fingerprint density at radius 2 is 1.80 bits per heavy atom. The summed E-state index contributed by atoms with van der Waals surface area (Å²) in [5.41, 5.74) is -0.400. The number of piperidine rings is 1. The molecule has 0 radical (unpaired) electrons. The summed E-state index contributed by atoms with van der Waals surface area (Å²) in [5, 5.41) is 0.625. The van der Waals surface area contributed by atoms with Gasteiger partial charge in [0.25, 0.3) is 0 Å². The number of halogens is 1. The number of ether oxygens (including phenoxy) is 1. The van der Waals surface area contributed by atoms with Crippen molar-refractivity contribution in [2.75, 3.05) is 66.5 Å². The monoisotopic (exact) mass is 504 g/mol. The Balaban J connectivity index is 1.45. The van der Waals surface area contributed by atoms with E-state index >= 15 is 0 Å². The third-order valence-electron chi connectivity index (χ3n) is 8.07. The van der Waals surface area contributed by atoms with Crippen molar-refractivity contribution in [1.29, 1.82) is 0 Å². The van der Waals surface area contributed by atoms with E-state index in [1.165, 1.54) is 25.7 Å². The van der Waals surface area contributed by atoms with Gasteiger partial charge in [-0.05, 0) is 58.0 Å². The summed E-state index contributed by atoms with van der Waals surface area (Å²) in [4.78, 5) is 35.2. The second-order valence-corrected chi connectivity index (χ2v) is 11.3. The van der Waals surface area contributed by atoms with Crippen molar-refractivity contribution in [3.63, 3.8) is 0 Å². The summed E-state index contributed by atoms with van der Waals surface area (Å²) in [6.45, 7) is 5.47. The van der Waals surface area contributed by atoms with Crippen molar-refractivity contribution in [1.82, 2.24) is 19.6 Å². The van der Waals surface area contributed by atoms with E-state index in [2.05, 4.69) is 23.9 Å². The number of hydrogen-bond acceptors (Lipinski definition) is 5. The number of likely N-dealkylation sites (tertiary alicyclic amines) is 1. The molecule has 1 aliphatic carbocycles. The first kappa shape index (κ1) is 26.2. The van der Waals surface area contributed by atoms with Crippen LogP contribution in [0.3, 0.4) is 0 Å². The van der Waals surface area contributed by atoms with E-state index in [0.29, 0.717) is 42.9 Å². The number of hydrogen-bond donors (Lipinski definition) is 0. The van der Waals surface area contributed by atoms with Crippen molar-refractivity contribution in [3.05, 3.63) is 29.3 Å². The molecule has 2 heterocycles. The Hall–Kier alpha value is -1.83. The Morgan fingerprint density at radius 3 is 2.51 bits per heavy atom. The van der Waals surface area contributed by atoms with Crippen LogP contribution in [-0.4, -0.2) is 104 Å². The van der Waals surface area contributed by atoms with Crippen LogP contribution in [-0.2, 0) is 9.59 Å². The molecule has 35 heavy (non-hydrogen) atoms. The van der Waals surface area contributed by atoms with Crippen LogP contribution in [0.4, 0.5) is 0 Å². The molecule has 2 saturated heterocycles. The molecule has 0 aromatic heterocycles. The van der Waals surface area contributed by atoms with Crippen molar-refractivity contribution >= 4 is 23.4 Å². The third-order valence-corrected chi connectivity index (χ3v) is 8.31. The number of carbonyl (C=O) groups excluding carboxylic acids is 2. The van der Waals surface area contributed by atoms with Gasteiger partial charge in [-0.25, -0.2) is 0 Å². The van der Waals surface area contributed by atoms with Crippen LogP contribution in [0.2, 0.25) is 5.02 Å². The highest BCUT2D eigenvalue weighted by Gasteiger charge is 2.41. The van der Waals surface area contributed by atoms with Gasteiger partial charge in [0, 0.05) is 62.2 Å². The lowest BCUT2D eigenvalue weighted by Gasteiger charge is -2.44. The van der Waals surface area contributed by atoms with Crippen LogP contribution in [0.1, 0.15) is 44.9 Å². The minimum atomic E-state index is -0.400. The molecule has 1 aromatic carbocycles. The fourth-order valence-corrected chi connectivity index (χ4v) is 5.98. The lowest BCUT2D eigenvalue weighted by Crippen LogP contribution is -2.54. The molecule has 1 atom stereocenters. The number of likely N-dealkylation sites (N-methyl/N-ethyl adjacent to an activating group) is 2. The number of carbonyl (C=O) groups is 2. The molecule has 1 saturated carbocycles. The van der Waals surface area contributed by atoms with Gasteiger partial charge in [0.05, 0.1) is 13.2 Å². The molecule has 7 nitrogen and oxygen atoms in total. The standard InChI is InChI=1S/C27H41ClN4O3/c1-29-13-15-31(16-14-29)25(33)18-27(21-35-24-10-5-7-22(28)17-24)11-6-12-32(20-27)26(34)19-30(2)23-8-3-4-9-23/h5,7,10,17,23H,3-4,6,8-9,11-16,18-21H2,1-2H3. The van der Waals surface area contributed by atoms with Crippen molar-refractivity contribution in [2.45, 2.75) is 51.0 Å². The number of piperazine rings is 1. The highest BCUT2D eigenvalue weighted by molar-refractivity contribution is 6.30. The molecule has 2 aliphatic heterocycles. The number of rotatable bonds is 8. The average molecular weight is 505 g/mol. The minimum absolute atomic E-state index is 0.165. The van der Waals surface area contributed by atoms with Crippen molar-refractivity contribution in [2.24, 2.45) is 5.41 Å². The fourth-order valence-electron chi connectivity index (χ4n) is 5.80. The zero-order valence-corrected chi connectivity index (χ0v) is 22.1. The Bertz CT molecular complexity index is 870. The van der Waals surface area contributed by atoms with Crippen LogP contribution in [0.5, 0.6) is 5.75 Å². The summed E-state index contributed by atoms with van der Waals surface area (Å²) in [6.07, 6.45) is 7.03. The molecule has 194 valence electrons. The van der Waals surface area contributed by atoms with E-state index in [1.54, 1.807) is 6.07 Å². The van der Waals surface area contributed by atoms with Crippen molar-refractivity contribution < 1.29 is 14.3 Å². The maximum absolute atomic E-state index is 13.4. The average Bonchev–Trinajstić information content (AvgIpc) is 3.39. The summed E-state index contributed by atoms with van der Waals surface area (Å²) >= 11 is 6.16. The second kappa shape index (κ2) is 11.9. The molecule has 3 fully saturated rings. The number of amides is 2. The van der Waals surface area contributed by atoms with E-state index in [-0.39, 0.29) is 11.8 Å². The van der Waals surface area contributed by atoms with Gasteiger partial charge in [-0.2, -0.15) is 0 Å². The summed E-state index contributed by atoms with van der Waals surface area (Å²) in [6, 6.07) is 7.90. The maximum atomic E-state index is 13.4. The zero-order valence-electron chi connectivity index (χ0n) is 21.4. The van der Waals surface area contributed by atoms with Gasteiger partial charge in [0.1, 0.15) is 5.75 Å². The molecule has 0 bridgehead atoms. The smallest absolute Gasteiger partial charge is 0.236 e. The Kier molecular flexibility index (Phi) is 8.95. The molecular formula is C27H41ClN4O3. The van der Waals surface area contributed by atoms with Gasteiger partial charge in [-0.3, -0.25) is 14.5 Å². The van der Waals surface area contributed by atoms with Gasteiger partial charge < -0.3 is 19.4 Å². The third kappa shape index (κ3) is 7.11. The van der Waals surface area contributed by atoms with Gasteiger partial charge >= 0.3 is 0 Å². The fraction of sp³-hybridized carbons (Fsp3) is 0.704. The molecule has 1 unspecified atom stereocenters. The molecule has 0 spiro atoms. The van der Waals surface area contributed by atoms with E-state index < -0.39 is 5.41 Å². The molecule has 2 amide bonds. The topological polar surface area (TPSA) is 56.3 Å². The predicted octanol–water partition coefficient (Wildman–Crippen LogP) is 3.37. The maximum Gasteiger partial charge on any atom is 0.236 e. The SMILES string of the molecule is CN1CCN(C(=O)CC2(COc3cccc(Cl)c3)CCCN(C(=O)CN(C)C3CCCC3)C2)CC1. The summed E-state index contributed by atoms with van der Waals surface area (Å²) in [5.74, 6) is 1.04. The highest BCUT2D eigenvalue weighted by Crippen LogP contribution is 2.36.